The second-order valence-electron chi connectivity index (χ2n) is 9.73. The summed E-state index contributed by atoms with van der Waals surface area (Å²) in [6.07, 6.45) is 6.52. The van der Waals surface area contributed by atoms with Crippen molar-refractivity contribution < 1.29 is 25.9 Å². The third-order valence-electron chi connectivity index (χ3n) is 6.99. The van der Waals surface area contributed by atoms with Crippen LogP contribution in [0.4, 0.5) is 0 Å². The highest BCUT2D eigenvalue weighted by molar-refractivity contribution is 7.84. The van der Waals surface area contributed by atoms with Crippen LogP contribution in [-0.4, -0.2) is 43.9 Å². The molecule has 2 N–H and O–H groups in total. The maximum absolute atomic E-state index is 12.9. The molecule has 2 aliphatic rings. The second kappa shape index (κ2) is 9.33. The molecule has 0 saturated carbocycles. The van der Waals surface area contributed by atoms with Gasteiger partial charge in [0.1, 0.15) is 0 Å². The minimum Gasteiger partial charge on any atom is -0.269 e. The molecule has 5 aromatic rings. The largest absolute Gasteiger partial charge is 0.364 e. The molecule has 12 heteroatoms. The van der Waals surface area contributed by atoms with E-state index in [0.717, 1.165) is 24.3 Å². The van der Waals surface area contributed by atoms with Crippen molar-refractivity contribution in [1.29, 1.82) is 0 Å². The van der Waals surface area contributed by atoms with Gasteiger partial charge in [0.2, 0.25) is 0 Å². The van der Waals surface area contributed by atoms with Gasteiger partial charge in [-0.05, 0) is 83.1 Å². The van der Waals surface area contributed by atoms with Crippen molar-refractivity contribution in [3.63, 3.8) is 0 Å². The van der Waals surface area contributed by atoms with Crippen molar-refractivity contribution in [2.75, 3.05) is 0 Å². The van der Waals surface area contributed by atoms with Crippen molar-refractivity contribution in [2.24, 2.45) is 0 Å². The average molecular weight is 597 g/mol. The Labute approximate surface area is 239 Å². The second-order valence-corrected chi connectivity index (χ2v) is 12.3. The molecule has 10 nitrogen and oxygen atoms in total. The Morgan fingerprint density at radius 3 is 1.64 bits per heavy atom. The summed E-state index contributed by atoms with van der Waals surface area (Å²) in [6, 6.07) is 24.1. The zero-order valence-electron chi connectivity index (χ0n) is 21.5. The van der Waals surface area contributed by atoms with Gasteiger partial charge >= 0.3 is 20.6 Å². The summed E-state index contributed by atoms with van der Waals surface area (Å²) in [5, 5.41) is 1.83. The highest BCUT2D eigenvalue weighted by Gasteiger charge is 2.20. The number of hydrogen-bond acceptors (Lipinski definition) is 6. The van der Waals surface area contributed by atoms with Crippen LogP contribution in [0.5, 0.6) is 0 Å². The van der Waals surface area contributed by atoms with Gasteiger partial charge in [0.05, 0.1) is 44.8 Å². The van der Waals surface area contributed by atoms with Gasteiger partial charge in [-0.25, -0.2) is 17.9 Å². The smallest absolute Gasteiger partial charge is 0.269 e. The van der Waals surface area contributed by atoms with E-state index in [1.165, 1.54) is 36.4 Å². The van der Waals surface area contributed by atoms with Crippen molar-refractivity contribution in [2.45, 2.75) is 0 Å². The van der Waals surface area contributed by atoms with E-state index in [1.54, 1.807) is 30.4 Å². The molecule has 0 fully saturated rings. The summed E-state index contributed by atoms with van der Waals surface area (Å²) >= 11 is 0. The van der Waals surface area contributed by atoms with E-state index in [0.29, 0.717) is 28.3 Å². The molecule has 2 aliphatic heterocycles. The molecule has 42 heavy (non-hydrogen) atoms. The Morgan fingerprint density at radius 2 is 1.05 bits per heavy atom. The molecule has 2 aromatic carbocycles. The zero-order valence-corrected chi connectivity index (χ0v) is 23.2. The predicted molar refractivity (Wildman–Crippen MR) is 163 cm³/mol. The standard InChI is InChI=1S/C30H20N4O6S2/c35-41(36,37)33-24-12-13-25(33)15-21-10-11-23(32-21)17-30-29(28-7-3-5-19-4-1-2-6-27(19)28)18-26(34(30)42(38,39)40)16-22-9-8-20(14-24)31-22/h1-18H,(H,35,36,37)(H,38,39,40). The SMILES string of the molecule is O=S(=O)(O)n1c2ccc1cc1nc(cc3c(-c4cccc5ccccc45)cc(cc4nc(c2)C=C4)n3S(=O)(=O)O)C=C1. The van der Waals surface area contributed by atoms with Crippen LogP contribution < -0.4 is 0 Å². The average Bonchev–Trinajstić information content (AvgIpc) is 3.71. The maximum Gasteiger partial charge on any atom is 0.364 e. The van der Waals surface area contributed by atoms with Gasteiger partial charge in [0.15, 0.2) is 0 Å². The molecular formula is C30H20N4O6S2. The molecule has 0 spiro atoms. The highest BCUT2D eigenvalue weighted by Crippen LogP contribution is 2.35. The first-order valence-corrected chi connectivity index (χ1v) is 15.4. The van der Waals surface area contributed by atoms with E-state index >= 15 is 0 Å². The molecule has 0 unspecified atom stereocenters. The summed E-state index contributed by atoms with van der Waals surface area (Å²) in [4.78, 5) is 9.03. The fourth-order valence-corrected chi connectivity index (χ4v) is 6.87. The van der Waals surface area contributed by atoms with Crippen molar-refractivity contribution in [3.8, 4) is 11.1 Å². The van der Waals surface area contributed by atoms with Gasteiger partial charge in [0, 0.05) is 5.56 Å². The quantitative estimate of drug-likeness (QED) is 0.246. The summed E-state index contributed by atoms with van der Waals surface area (Å²) in [5.74, 6) is 0. The summed E-state index contributed by atoms with van der Waals surface area (Å²) < 4.78 is 72.5. The Morgan fingerprint density at radius 1 is 0.524 bits per heavy atom. The van der Waals surface area contributed by atoms with Gasteiger partial charge in [-0.3, -0.25) is 9.11 Å². The number of aromatic nitrogens is 4. The first kappa shape index (κ1) is 26.0. The molecular weight excluding hydrogens is 576 g/mol. The molecule has 0 amide bonds. The van der Waals surface area contributed by atoms with Crippen molar-refractivity contribution in [3.05, 3.63) is 108 Å². The Balaban J connectivity index is 1.67. The normalized spacial score (nSPS) is 13.2. The van der Waals surface area contributed by atoms with Gasteiger partial charge in [0.25, 0.3) is 0 Å². The van der Waals surface area contributed by atoms with Crippen LogP contribution in [0.25, 0.3) is 68.3 Å². The predicted octanol–water partition coefficient (Wildman–Crippen LogP) is 5.72. The monoisotopic (exact) mass is 596 g/mol. The van der Waals surface area contributed by atoms with Crippen LogP contribution in [0, 0.1) is 0 Å². The molecule has 5 heterocycles. The van der Waals surface area contributed by atoms with Crippen LogP contribution >= 0.6 is 0 Å². The van der Waals surface area contributed by atoms with Crippen LogP contribution in [-0.2, 0) is 20.6 Å². The molecule has 0 atom stereocenters. The highest BCUT2D eigenvalue weighted by atomic mass is 32.2. The lowest BCUT2D eigenvalue weighted by Crippen LogP contribution is -2.10. The van der Waals surface area contributed by atoms with Crippen LogP contribution in [0.3, 0.4) is 0 Å². The van der Waals surface area contributed by atoms with Crippen LogP contribution in [0.15, 0.2) is 84.9 Å². The Bertz CT molecular complexity index is 2420. The first-order valence-electron chi connectivity index (χ1n) is 12.6. The summed E-state index contributed by atoms with van der Waals surface area (Å²) in [5.41, 5.74) is 3.34. The number of benzene rings is 2. The number of fused-ring (bicyclic) bond motifs is 9. The van der Waals surface area contributed by atoms with E-state index < -0.39 is 20.6 Å². The molecule has 3 aromatic heterocycles. The van der Waals surface area contributed by atoms with E-state index in [4.69, 9.17) is 0 Å². The third-order valence-corrected chi connectivity index (χ3v) is 8.75. The van der Waals surface area contributed by atoms with E-state index in [-0.39, 0.29) is 22.1 Å². The molecule has 7 rings (SSSR count). The molecule has 0 radical (unpaired) electrons. The zero-order chi connectivity index (χ0) is 29.2. The van der Waals surface area contributed by atoms with Crippen LogP contribution in [0.1, 0.15) is 22.8 Å². The minimum atomic E-state index is -4.80. The van der Waals surface area contributed by atoms with Crippen LogP contribution in [0.2, 0.25) is 0 Å². The van der Waals surface area contributed by atoms with E-state index in [1.807, 2.05) is 42.5 Å². The minimum absolute atomic E-state index is 0.144. The number of rotatable bonds is 3. The fraction of sp³-hybridized carbons (Fsp3) is 0. The Kier molecular flexibility index (Phi) is 5.78. The van der Waals surface area contributed by atoms with E-state index in [9.17, 15) is 25.9 Å². The fourth-order valence-electron chi connectivity index (χ4n) is 5.34. The van der Waals surface area contributed by atoms with E-state index in [2.05, 4.69) is 9.97 Å². The van der Waals surface area contributed by atoms with Gasteiger partial charge in [-0.2, -0.15) is 16.8 Å². The summed E-state index contributed by atoms with van der Waals surface area (Å²) in [7, 11) is -9.48. The summed E-state index contributed by atoms with van der Waals surface area (Å²) in [6.45, 7) is 0. The number of nitrogens with zero attached hydrogens (tertiary/aromatic N) is 4. The Hall–Kier alpha value is -4.88. The lowest BCUT2D eigenvalue weighted by atomic mass is 9.99. The maximum atomic E-state index is 12.9. The van der Waals surface area contributed by atoms with Gasteiger partial charge in [-0.15, -0.1) is 0 Å². The molecule has 8 bridgehead atoms. The van der Waals surface area contributed by atoms with Crippen molar-refractivity contribution >= 4 is 77.8 Å². The topological polar surface area (TPSA) is 144 Å². The van der Waals surface area contributed by atoms with Crippen molar-refractivity contribution in [1.82, 2.24) is 17.9 Å². The van der Waals surface area contributed by atoms with Gasteiger partial charge < -0.3 is 0 Å². The lowest BCUT2D eigenvalue weighted by molar-refractivity contribution is 0.473. The first-order chi connectivity index (χ1) is 20.0. The third kappa shape index (κ3) is 4.52. The molecule has 0 saturated heterocycles. The molecule has 208 valence electrons. The lowest BCUT2D eigenvalue weighted by Gasteiger charge is -2.07. The van der Waals surface area contributed by atoms with Gasteiger partial charge in [-0.1, -0.05) is 42.5 Å². The molecule has 0 aliphatic carbocycles. The number of hydrogen-bond donors (Lipinski definition) is 2.